The maximum Gasteiger partial charge on any atom is 0.309 e. The summed E-state index contributed by atoms with van der Waals surface area (Å²) in [5, 5.41) is 2.84. The van der Waals surface area contributed by atoms with Gasteiger partial charge in [0.1, 0.15) is 10.6 Å². The number of esters is 1. The Morgan fingerprint density at radius 1 is 1.03 bits per heavy atom. The maximum absolute atomic E-state index is 14.0. The van der Waals surface area contributed by atoms with Gasteiger partial charge in [-0.15, -0.1) is 0 Å². The maximum atomic E-state index is 14.0. The van der Waals surface area contributed by atoms with Crippen molar-refractivity contribution in [2.24, 2.45) is 5.92 Å². The van der Waals surface area contributed by atoms with E-state index in [1.54, 1.807) is 35.5 Å². The van der Waals surface area contributed by atoms with Crippen LogP contribution in [0.2, 0.25) is 0 Å². The van der Waals surface area contributed by atoms with Crippen molar-refractivity contribution < 1.29 is 27.5 Å². The molecular weight excluding hydrogens is 494 g/mol. The van der Waals surface area contributed by atoms with Crippen LogP contribution in [0.25, 0.3) is 0 Å². The van der Waals surface area contributed by atoms with E-state index in [-0.39, 0.29) is 22.3 Å². The summed E-state index contributed by atoms with van der Waals surface area (Å²) in [6.07, 6.45) is 4.73. The average molecular weight is 528 g/mol. The Bertz CT molecular complexity index is 1280. The minimum absolute atomic E-state index is 0.104. The van der Waals surface area contributed by atoms with Gasteiger partial charge in [0.15, 0.2) is 5.75 Å². The Kier molecular flexibility index (Phi) is 7.39. The Morgan fingerprint density at radius 2 is 1.73 bits per heavy atom. The summed E-state index contributed by atoms with van der Waals surface area (Å²) < 4.78 is 40.9. The summed E-state index contributed by atoms with van der Waals surface area (Å²) in [6, 6.07) is 10.3. The molecule has 0 bridgehead atoms. The van der Waals surface area contributed by atoms with Gasteiger partial charge in [-0.1, -0.05) is 25.0 Å². The Hall–Kier alpha value is -3.11. The predicted molar refractivity (Wildman–Crippen MR) is 140 cm³/mol. The summed E-state index contributed by atoms with van der Waals surface area (Å²) in [7, 11) is -3.88. The van der Waals surface area contributed by atoms with Crippen LogP contribution in [0.5, 0.6) is 11.5 Å². The van der Waals surface area contributed by atoms with Crippen molar-refractivity contribution in [3.8, 4) is 11.5 Å². The standard InChI is InChI=1S/C27H33N3O6S/c1-2-35-27(32)19-11-15-29(16-12-19)22-18-24-20(26(31)28-21-9-5-6-10-23(21)36-24)17-25(22)37(33,34)30-13-7-3-4-8-14-30/h5-6,9-10,17-19H,2-4,7-8,11-16H2,1H3,(H,28,31). The molecule has 0 aromatic heterocycles. The van der Waals surface area contributed by atoms with Gasteiger partial charge in [0.2, 0.25) is 10.0 Å². The predicted octanol–water partition coefficient (Wildman–Crippen LogP) is 4.39. The van der Waals surface area contributed by atoms with Gasteiger partial charge in [-0.2, -0.15) is 4.31 Å². The van der Waals surface area contributed by atoms with E-state index >= 15 is 0 Å². The molecule has 9 nitrogen and oxygen atoms in total. The second-order valence-corrected chi connectivity index (χ2v) is 11.6. The molecule has 0 saturated carbocycles. The number of ether oxygens (including phenoxy) is 2. The summed E-state index contributed by atoms with van der Waals surface area (Å²) in [5.41, 5.74) is 1.20. The van der Waals surface area contributed by atoms with Crippen LogP contribution in [-0.4, -0.2) is 57.4 Å². The van der Waals surface area contributed by atoms with Crippen LogP contribution in [-0.2, 0) is 19.6 Å². The molecule has 2 fully saturated rings. The molecule has 0 unspecified atom stereocenters. The number of benzene rings is 2. The van der Waals surface area contributed by atoms with Gasteiger partial charge in [0.25, 0.3) is 5.91 Å². The highest BCUT2D eigenvalue weighted by molar-refractivity contribution is 7.89. The summed E-state index contributed by atoms with van der Waals surface area (Å²) >= 11 is 0. The summed E-state index contributed by atoms with van der Waals surface area (Å²) in [6.45, 7) is 4.02. The van der Waals surface area contributed by atoms with Crippen LogP contribution >= 0.6 is 0 Å². The molecule has 37 heavy (non-hydrogen) atoms. The molecule has 10 heteroatoms. The number of hydrogen-bond acceptors (Lipinski definition) is 7. The fraction of sp³-hybridized carbons (Fsp3) is 0.481. The van der Waals surface area contributed by atoms with E-state index in [9.17, 15) is 18.0 Å². The quantitative estimate of drug-likeness (QED) is 0.575. The number of piperidine rings is 1. The SMILES string of the molecule is CCOC(=O)C1CCN(c2cc3c(cc2S(=O)(=O)N2CCCCCC2)C(=O)Nc2ccccc2O3)CC1. The highest BCUT2D eigenvalue weighted by Gasteiger charge is 2.35. The zero-order chi connectivity index (χ0) is 26.0. The van der Waals surface area contributed by atoms with Gasteiger partial charge in [-0.05, 0) is 50.8 Å². The van der Waals surface area contributed by atoms with Gasteiger partial charge in [-0.25, -0.2) is 8.42 Å². The van der Waals surface area contributed by atoms with Gasteiger partial charge in [0, 0.05) is 32.2 Å². The van der Waals surface area contributed by atoms with Crippen molar-refractivity contribution in [2.75, 3.05) is 43.0 Å². The zero-order valence-electron chi connectivity index (χ0n) is 21.1. The molecule has 3 heterocycles. The number of para-hydroxylation sites is 2. The molecule has 0 radical (unpaired) electrons. The van der Waals surface area contributed by atoms with Crippen LogP contribution in [0.15, 0.2) is 41.3 Å². The highest BCUT2D eigenvalue weighted by Crippen LogP contribution is 2.42. The highest BCUT2D eigenvalue weighted by atomic mass is 32.2. The Balaban J connectivity index is 1.56. The van der Waals surface area contributed by atoms with Gasteiger partial charge in [-0.3, -0.25) is 9.59 Å². The first-order valence-electron chi connectivity index (χ1n) is 13.1. The van der Waals surface area contributed by atoms with Crippen LogP contribution in [0, 0.1) is 5.92 Å². The minimum atomic E-state index is -3.88. The van der Waals surface area contributed by atoms with Crippen molar-refractivity contribution in [2.45, 2.75) is 50.3 Å². The van der Waals surface area contributed by atoms with Crippen molar-refractivity contribution in [3.63, 3.8) is 0 Å². The largest absolute Gasteiger partial charge is 0.466 e. The van der Waals surface area contributed by atoms with Gasteiger partial charge in [0.05, 0.1) is 29.5 Å². The van der Waals surface area contributed by atoms with Crippen molar-refractivity contribution in [1.82, 2.24) is 4.31 Å². The second-order valence-electron chi connectivity index (χ2n) is 9.70. The lowest BCUT2D eigenvalue weighted by Crippen LogP contribution is -2.39. The number of nitrogens with zero attached hydrogens (tertiary/aromatic N) is 2. The molecule has 5 rings (SSSR count). The van der Waals surface area contributed by atoms with Gasteiger partial charge >= 0.3 is 5.97 Å². The third-order valence-corrected chi connectivity index (χ3v) is 9.23. The van der Waals surface area contributed by atoms with E-state index in [1.165, 1.54) is 6.07 Å². The molecule has 0 atom stereocenters. The molecule has 3 aliphatic heterocycles. The first-order valence-corrected chi connectivity index (χ1v) is 14.5. The molecule has 3 aliphatic rings. The number of sulfonamides is 1. The molecule has 1 N–H and O–H groups in total. The number of fused-ring (bicyclic) bond motifs is 2. The van der Waals surface area contributed by atoms with Crippen LogP contribution in [0.4, 0.5) is 11.4 Å². The minimum Gasteiger partial charge on any atom is -0.466 e. The number of rotatable bonds is 5. The lowest BCUT2D eigenvalue weighted by molar-refractivity contribution is -0.148. The van der Waals surface area contributed by atoms with Crippen LogP contribution in [0.3, 0.4) is 0 Å². The number of amides is 1. The van der Waals surface area contributed by atoms with E-state index < -0.39 is 15.9 Å². The number of anilines is 2. The number of hydrogen-bond donors (Lipinski definition) is 1. The van der Waals surface area contributed by atoms with Crippen molar-refractivity contribution in [1.29, 1.82) is 0 Å². The molecule has 1 amide bonds. The first kappa shape index (κ1) is 25.5. The molecular formula is C27H33N3O6S. The molecule has 2 aromatic carbocycles. The fourth-order valence-electron chi connectivity index (χ4n) is 5.27. The van der Waals surface area contributed by atoms with E-state index in [0.29, 0.717) is 68.5 Å². The molecule has 0 aliphatic carbocycles. The molecule has 198 valence electrons. The second kappa shape index (κ2) is 10.7. The van der Waals surface area contributed by atoms with Crippen molar-refractivity contribution >= 4 is 33.3 Å². The van der Waals surface area contributed by atoms with Gasteiger partial charge < -0.3 is 19.7 Å². The van der Waals surface area contributed by atoms with Crippen molar-refractivity contribution in [3.05, 3.63) is 42.0 Å². The number of carbonyl (C=O) groups is 2. The third kappa shape index (κ3) is 5.17. The van der Waals surface area contributed by atoms with E-state index in [1.807, 2.05) is 11.0 Å². The Morgan fingerprint density at radius 3 is 2.43 bits per heavy atom. The monoisotopic (exact) mass is 527 g/mol. The summed E-state index contributed by atoms with van der Waals surface area (Å²) in [5.74, 6) is -0.0426. The first-order chi connectivity index (χ1) is 17.9. The zero-order valence-corrected chi connectivity index (χ0v) is 21.9. The van der Waals surface area contributed by atoms with E-state index in [0.717, 1.165) is 25.7 Å². The normalized spacial score (nSPS) is 19.1. The topological polar surface area (TPSA) is 105 Å². The molecule has 2 aromatic rings. The Labute approximate surface area is 217 Å². The average Bonchev–Trinajstić information content (AvgIpc) is 3.26. The number of carbonyl (C=O) groups excluding carboxylic acids is 2. The smallest absolute Gasteiger partial charge is 0.309 e. The van der Waals surface area contributed by atoms with Crippen LogP contribution < -0.4 is 15.0 Å². The van der Waals surface area contributed by atoms with Crippen LogP contribution in [0.1, 0.15) is 55.8 Å². The van der Waals surface area contributed by atoms with E-state index in [4.69, 9.17) is 9.47 Å². The lowest BCUT2D eigenvalue weighted by atomic mass is 9.96. The number of nitrogens with one attached hydrogen (secondary N) is 1. The van der Waals surface area contributed by atoms with E-state index in [2.05, 4.69) is 5.32 Å². The third-order valence-electron chi connectivity index (χ3n) is 7.30. The summed E-state index contributed by atoms with van der Waals surface area (Å²) in [4.78, 5) is 27.6. The molecule has 0 spiro atoms. The fourth-order valence-corrected chi connectivity index (χ4v) is 7.01. The molecule has 2 saturated heterocycles. The lowest BCUT2D eigenvalue weighted by Gasteiger charge is -2.34.